The zero-order chi connectivity index (χ0) is 13.1. The highest BCUT2D eigenvalue weighted by Gasteiger charge is 2.35. The van der Waals surface area contributed by atoms with Crippen LogP contribution in [0, 0.1) is 0 Å². The van der Waals surface area contributed by atoms with E-state index < -0.39 is 5.54 Å². The van der Waals surface area contributed by atoms with Crippen LogP contribution in [-0.2, 0) is 5.54 Å². The van der Waals surface area contributed by atoms with E-state index in [9.17, 15) is 0 Å². The van der Waals surface area contributed by atoms with Crippen LogP contribution in [0.25, 0.3) is 12.2 Å². The van der Waals surface area contributed by atoms with E-state index in [4.69, 9.17) is 10.3 Å². The normalized spacial score (nSPS) is 18.2. The summed E-state index contributed by atoms with van der Waals surface area (Å²) in [7, 11) is 0. The molecule has 2 aromatic heterocycles. The molecule has 0 atom stereocenters. The molecule has 0 unspecified atom stereocenters. The lowest BCUT2D eigenvalue weighted by Gasteiger charge is -2.17. The molecule has 0 aliphatic heterocycles. The predicted molar refractivity (Wildman–Crippen MR) is 69.6 cm³/mol. The van der Waals surface area contributed by atoms with Crippen molar-refractivity contribution in [2.24, 2.45) is 5.73 Å². The van der Waals surface area contributed by atoms with E-state index in [0.717, 1.165) is 31.4 Å². The molecule has 0 spiro atoms. The third-order valence-corrected chi connectivity index (χ3v) is 3.36. The van der Waals surface area contributed by atoms with Crippen LogP contribution in [0.15, 0.2) is 23.1 Å². The largest absolute Gasteiger partial charge is 0.335 e. The summed E-state index contributed by atoms with van der Waals surface area (Å²) in [6, 6.07) is 0. The van der Waals surface area contributed by atoms with Crippen LogP contribution in [0.1, 0.15) is 43.1 Å². The average molecular weight is 257 g/mol. The summed E-state index contributed by atoms with van der Waals surface area (Å²) in [6.07, 6.45) is 12.5. The molecule has 2 aromatic rings. The molecular formula is C13H15N5O. The summed E-state index contributed by atoms with van der Waals surface area (Å²) in [5.41, 5.74) is 6.60. The molecule has 1 aliphatic rings. The topological polar surface area (TPSA) is 90.7 Å². The number of nitrogens with two attached hydrogens (primary N) is 1. The first kappa shape index (κ1) is 12.0. The molecule has 19 heavy (non-hydrogen) atoms. The van der Waals surface area contributed by atoms with Gasteiger partial charge in [-0.1, -0.05) is 18.0 Å². The molecule has 6 nitrogen and oxygen atoms in total. The minimum Gasteiger partial charge on any atom is -0.335 e. The van der Waals surface area contributed by atoms with Gasteiger partial charge in [0.05, 0.1) is 17.4 Å². The summed E-state index contributed by atoms with van der Waals surface area (Å²) >= 11 is 0. The third-order valence-electron chi connectivity index (χ3n) is 3.36. The van der Waals surface area contributed by atoms with Gasteiger partial charge in [0, 0.05) is 18.5 Å². The highest BCUT2D eigenvalue weighted by Crippen LogP contribution is 2.34. The van der Waals surface area contributed by atoms with Crippen molar-refractivity contribution >= 4 is 12.2 Å². The fraction of sp³-hybridized carbons (Fsp3) is 0.385. The minimum atomic E-state index is -0.415. The standard InChI is InChI=1S/C13H15N5O/c14-13(5-1-2-6-13)12-17-11(19-18-12)4-3-10-9-15-7-8-16-10/h3-4,7-9H,1-2,5-6,14H2/b4-3+. The quantitative estimate of drug-likeness (QED) is 0.900. The van der Waals surface area contributed by atoms with E-state index in [-0.39, 0.29) is 0 Å². The van der Waals surface area contributed by atoms with Crippen molar-refractivity contribution in [2.45, 2.75) is 31.2 Å². The number of rotatable bonds is 3. The monoisotopic (exact) mass is 257 g/mol. The average Bonchev–Trinajstić information content (AvgIpc) is 3.07. The first-order chi connectivity index (χ1) is 9.26. The molecule has 2 heterocycles. The van der Waals surface area contributed by atoms with Gasteiger partial charge in [-0.05, 0) is 18.9 Å². The van der Waals surface area contributed by atoms with Gasteiger partial charge < -0.3 is 10.3 Å². The highest BCUT2D eigenvalue weighted by atomic mass is 16.5. The van der Waals surface area contributed by atoms with Crippen molar-refractivity contribution in [1.29, 1.82) is 0 Å². The second kappa shape index (κ2) is 4.89. The third kappa shape index (κ3) is 2.53. The van der Waals surface area contributed by atoms with E-state index in [1.165, 1.54) is 0 Å². The summed E-state index contributed by atoms with van der Waals surface area (Å²) in [5.74, 6) is 1.04. The van der Waals surface area contributed by atoms with Crippen molar-refractivity contribution in [3.05, 3.63) is 36.0 Å². The Hall–Kier alpha value is -2.08. The molecule has 6 heteroatoms. The Labute approximate surface area is 110 Å². The van der Waals surface area contributed by atoms with Gasteiger partial charge in [-0.25, -0.2) is 0 Å². The summed E-state index contributed by atoms with van der Waals surface area (Å²) in [6.45, 7) is 0. The Morgan fingerprint density at radius 1 is 1.21 bits per heavy atom. The zero-order valence-electron chi connectivity index (χ0n) is 10.5. The van der Waals surface area contributed by atoms with Crippen LogP contribution in [0.5, 0.6) is 0 Å². The van der Waals surface area contributed by atoms with Crippen molar-refractivity contribution in [3.8, 4) is 0 Å². The van der Waals surface area contributed by atoms with Crippen LogP contribution in [0.4, 0.5) is 0 Å². The summed E-state index contributed by atoms with van der Waals surface area (Å²) < 4.78 is 5.19. The first-order valence-corrected chi connectivity index (χ1v) is 6.33. The highest BCUT2D eigenvalue weighted by molar-refractivity contribution is 5.63. The van der Waals surface area contributed by atoms with Crippen LogP contribution in [0.3, 0.4) is 0 Å². The fourth-order valence-corrected chi connectivity index (χ4v) is 2.29. The Bertz CT molecular complexity index is 572. The van der Waals surface area contributed by atoms with Crippen LogP contribution >= 0.6 is 0 Å². The van der Waals surface area contributed by atoms with Gasteiger partial charge in [0.2, 0.25) is 0 Å². The number of nitrogens with zero attached hydrogens (tertiary/aromatic N) is 4. The van der Waals surface area contributed by atoms with Crippen molar-refractivity contribution in [1.82, 2.24) is 20.1 Å². The summed E-state index contributed by atoms with van der Waals surface area (Å²) in [5, 5.41) is 3.98. The minimum absolute atomic E-state index is 0.415. The fourth-order valence-electron chi connectivity index (χ4n) is 2.29. The van der Waals surface area contributed by atoms with E-state index in [2.05, 4.69) is 20.1 Å². The Kier molecular flexibility index (Phi) is 3.08. The maximum absolute atomic E-state index is 6.27. The molecule has 0 saturated heterocycles. The Morgan fingerprint density at radius 3 is 2.79 bits per heavy atom. The maximum Gasteiger partial charge on any atom is 0.250 e. The molecule has 98 valence electrons. The van der Waals surface area contributed by atoms with Gasteiger partial charge >= 0.3 is 0 Å². The molecule has 1 aliphatic carbocycles. The lowest BCUT2D eigenvalue weighted by Crippen LogP contribution is -2.34. The number of hydrogen-bond acceptors (Lipinski definition) is 6. The van der Waals surface area contributed by atoms with E-state index >= 15 is 0 Å². The van der Waals surface area contributed by atoms with E-state index in [1.807, 2.05) is 0 Å². The van der Waals surface area contributed by atoms with Crippen molar-refractivity contribution < 1.29 is 4.52 Å². The predicted octanol–water partition coefficient (Wildman–Crippen LogP) is 1.76. The van der Waals surface area contributed by atoms with Gasteiger partial charge in [0.15, 0.2) is 5.82 Å². The van der Waals surface area contributed by atoms with Crippen LogP contribution in [0.2, 0.25) is 0 Å². The van der Waals surface area contributed by atoms with E-state index in [0.29, 0.717) is 11.7 Å². The zero-order valence-corrected chi connectivity index (χ0v) is 10.5. The Morgan fingerprint density at radius 2 is 2.05 bits per heavy atom. The van der Waals surface area contributed by atoms with Crippen molar-refractivity contribution in [2.75, 3.05) is 0 Å². The maximum atomic E-state index is 6.27. The molecule has 1 fully saturated rings. The molecule has 0 radical (unpaired) electrons. The van der Waals surface area contributed by atoms with Gasteiger partial charge in [-0.2, -0.15) is 4.98 Å². The smallest absolute Gasteiger partial charge is 0.250 e. The SMILES string of the molecule is NC1(c2noc(/C=C/c3cnccn3)n2)CCCC1. The summed E-state index contributed by atoms with van der Waals surface area (Å²) in [4.78, 5) is 12.4. The second-order valence-electron chi connectivity index (χ2n) is 4.78. The van der Waals surface area contributed by atoms with Crippen molar-refractivity contribution in [3.63, 3.8) is 0 Å². The van der Waals surface area contributed by atoms with Crippen LogP contribution < -0.4 is 5.73 Å². The lowest BCUT2D eigenvalue weighted by molar-refractivity contribution is 0.364. The molecular weight excluding hydrogens is 242 g/mol. The molecule has 0 bridgehead atoms. The molecule has 1 saturated carbocycles. The van der Waals surface area contributed by atoms with Crippen LogP contribution in [-0.4, -0.2) is 20.1 Å². The van der Waals surface area contributed by atoms with Gasteiger partial charge in [-0.15, -0.1) is 0 Å². The van der Waals surface area contributed by atoms with Gasteiger partial charge in [0.1, 0.15) is 0 Å². The molecule has 2 N–H and O–H groups in total. The number of hydrogen-bond donors (Lipinski definition) is 1. The number of aromatic nitrogens is 4. The molecule has 0 aromatic carbocycles. The lowest BCUT2D eigenvalue weighted by atomic mass is 9.99. The first-order valence-electron chi connectivity index (χ1n) is 6.33. The second-order valence-corrected chi connectivity index (χ2v) is 4.78. The Balaban J connectivity index is 1.77. The van der Waals surface area contributed by atoms with Gasteiger partial charge in [0.25, 0.3) is 5.89 Å². The molecule has 3 rings (SSSR count). The van der Waals surface area contributed by atoms with Gasteiger partial charge in [-0.3, -0.25) is 9.97 Å². The molecule has 0 amide bonds. The van der Waals surface area contributed by atoms with E-state index in [1.54, 1.807) is 30.7 Å².